The van der Waals surface area contributed by atoms with Crippen molar-refractivity contribution < 1.29 is 19.1 Å². The van der Waals surface area contributed by atoms with Crippen molar-refractivity contribution in [3.05, 3.63) is 35.1 Å². The smallest absolute Gasteiger partial charge is 0.254 e. The summed E-state index contributed by atoms with van der Waals surface area (Å²) in [6.07, 6.45) is 0. The highest BCUT2D eigenvalue weighted by molar-refractivity contribution is 5.96. The van der Waals surface area contributed by atoms with Crippen molar-refractivity contribution in [2.24, 2.45) is 0 Å². The molecule has 0 heterocycles. The molecule has 0 saturated carbocycles. The van der Waals surface area contributed by atoms with Gasteiger partial charge in [-0.3, -0.25) is 9.59 Å². The fourth-order valence-electron chi connectivity index (χ4n) is 1.47. The van der Waals surface area contributed by atoms with E-state index in [0.717, 1.165) is 6.07 Å². The predicted molar refractivity (Wildman–Crippen MR) is 71.4 cm³/mol. The van der Waals surface area contributed by atoms with E-state index in [2.05, 4.69) is 17.2 Å². The van der Waals surface area contributed by atoms with Crippen LogP contribution in [0.5, 0.6) is 0 Å². The first-order valence-electron chi connectivity index (χ1n) is 5.85. The fourth-order valence-corrected chi connectivity index (χ4v) is 1.47. The van der Waals surface area contributed by atoms with Crippen LogP contribution in [0.4, 0.5) is 4.39 Å². The minimum atomic E-state index is -0.648. The van der Waals surface area contributed by atoms with Crippen molar-refractivity contribution >= 4 is 11.8 Å². The minimum Gasteiger partial charge on any atom is -0.384 e. The summed E-state index contributed by atoms with van der Waals surface area (Å²) in [5, 5.41) is 10.9. The van der Waals surface area contributed by atoms with Gasteiger partial charge in [-0.1, -0.05) is 11.8 Å². The summed E-state index contributed by atoms with van der Waals surface area (Å²) in [4.78, 5) is 24.3. The second kappa shape index (κ2) is 7.26. The average molecular weight is 278 g/mol. The maximum Gasteiger partial charge on any atom is 0.254 e. The molecule has 0 saturated heterocycles. The molecule has 0 fully saturated rings. The zero-order valence-corrected chi connectivity index (χ0v) is 11.2. The van der Waals surface area contributed by atoms with Crippen LogP contribution in [0.15, 0.2) is 18.2 Å². The third-order valence-corrected chi connectivity index (χ3v) is 2.52. The molecule has 0 spiro atoms. The number of aliphatic hydroxyl groups is 1. The summed E-state index contributed by atoms with van der Waals surface area (Å²) in [5.41, 5.74) is 0.230. The number of nitrogens with one attached hydrogen (secondary N) is 1. The molecule has 0 atom stereocenters. The van der Waals surface area contributed by atoms with E-state index < -0.39 is 11.7 Å². The SMILES string of the molecule is CNC(=O)CN(C)C(=O)c1ccc(C#CCO)c(F)c1. The number of carbonyl (C=O) groups is 2. The number of aliphatic hydroxyl groups excluding tert-OH is 1. The second-order valence-corrected chi connectivity index (χ2v) is 3.99. The number of benzene rings is 1. The number of nitrogens with zero attached hydrogens (tertiary/aromatic N) is 1. The summed E-state index contributed by atoms with van der Waals surface area (Å²) in [5.74, 6) is 3.34. The molecular weight excluding hydrogens is 263 g/mol. The Bertz CT molecular complexity index is 576. The first-order chi connectivity index (χ1) is 9.49. The van der Waals surface area contributed by atoms with Gasteiger partial charge in [0, 0.05) is 19.7 Å². The first kappa shape index (κ1) is 15.7. The van der Waals surface area contributed by atoms with Crippen molar-refractivity contribution in [1.29, 1.82) is 0 Å². The van der Waals surface area contributed by atoms with Crippen LogP contribution in [0.25, 0.3) is 0 Å². The van der Waals surface area contributed by atoms with Gasteiger partial charge >= 0.3 is 0 Å². The Morgan fingerprint density at radius 3 is 2.70 bits per heavy atom. The molecular formula is C14H15FN2O3. The largest absolute Gasteiger partial charge is 0.384 e. The second-order valence-electron chi connectivity index (χ2n) is 3.99. The summed E-state index contributed by atoms with van der Waals surface area (Å²) >= 11 is 0. The number of carbonyl (C=O) groups excluding carboxylic acids is 2. The summed E-state index contributed by atoms with van der Waals surface area (Å²) in [6.45, 7) is -0.474. The monoisotopic (exact) mass is 278 g/mol. The van der Waals surface area contributed by atoms with Crippen LogP contribution in [0, 0.1) is 17.7 Å². The van der Waals surface area contributed by atoms with Crippen molar-refractivity contribution in [3.63, 3.8) is 0 Å². The molecule has 0 radical (unpaired) electrons. The van der Waals surface area contributed by atoms with E-state index >= 15 is 0 Å². The molecule has 106 valence electrons. The van der Waals surface area contributed by atoms with E-state index in [1.165, 1.54) is 31.1 Å². The number of amides is 2. The predicted octanol–water partition coefficient (Wildman–Crippen LogP) is -0.0125. The van der Waals surface area contributed by atoms with Crippen LogP contribution in [0.2, 0.25) is 0 Å². The van der Waals surface area contributed by atoms with Crippen molar-refractivity contribution in [1.82, 2.24) is 10.2 Å². The van der Waals surface area contributed by atoms with Gasteiger partial charge < -0.3 is 15.3 Å². The maximum absolute atomic E-state index is 13.7. The van der Waals surface area contributed by atoms with Crippen LogP contribution in [0.3, 0.4) is 0 Å². The van der Waals surface area contributed by atoms with E-state index in [-0.39, 0.29) is 30.2 Å². The molecule has 5 nitrogen and oxygen atoms in total. The van der Waals surface area contributed by atoms with Crippen molar-refractivity contribution in [2.75, 3.05) is 27.2 Å². The topological polar surface area (TPSA) is 69.6 Å². The lowest BCUT2D eigenvalue weighted by Gasteiger charge is -2.16. The van der Waals surface area contributed by atoms with E-state index in [1.807, 2.05) is 0 Å². The van der Waals surface area contributed by atoms with Crippen LogP contribution in [0.1, 0.15) is 15.9 Å². The Kier molecular flexibility index (Phi) is 5.69. The van der Waals surface area contributed by atoms with Gasteiger partial charge in [-0.15, -0.1) is 0 Å². The van der Waals surface area contributed by atoms with Crippen LogP contribution in [-0.4, -0.2) is 49.1 Å². The van der Waals surface area contributed by atoms with Gasteiger partial charge in [0.2, 0.25) is 5.91 Å². The van der Waals surface area contributed by atoms with Gasteiger partial charge in [0.25, 0.3) is 5.91 Å². The molecule has 0 aliphatic heterocycles. The number of likely N-dealkylation sites (N-methyl/N-ethyl adjacent to an activating group) is 2. The average Bonchev–Trinajstić information content (AvgIpc) is 2.44. The van der Waals surface area contributed by atoms with Crippen molar-refractivity contribution in [3.8, 4) is 11.8 Å². The zero-order valence-electron chi connectivity index (χ0n) is 11.2. The molecule has 20 heavy (non-hydrogen) atoms. The molecule has 2 N–H and O–H groups in total. The molecule has 1 aromatic carbocycles. The highest BCUT2D eigenvalue weighted by Gasteiger charge is 2.15. The quantitative estimate of drug-likeness (QED) is 0.764. The third-order valence-electron chi connectivity index (χ3n) is 2.52. The standard InChI is InChI=1S/C14H15FN2O3/c1-16-13(19)9-17(2)14(20)11-6-5-10(4-3-7-18)12(15)8-11/h5-6,8,18H,7,9H2,1-2H3,(H,16,19). The number of halogens is 1. The molecule has 6 heteroatoms. The Labute approximate surface area is 116 Å². The molecule has 1 rings (SSSR count). The molecule has 2 amide bonds. The molecule has 0 unspecified atom stereocenters. The lowest BCUT2D eigenvalue weighted by atomic mass is 10.1. The van der Waals surface area contributed by atoms with Crippen LogP contribution >= 0.6 is 0 Å². The Hall–Kier alpha value is -2.39. The Morgan fingerprint density at radius 1 is 1.45 bits per heavy atom. The van der Waals surface area contributed by atoms with Crippen molar-refractivity contribution in [2.45, 2.75) is 0 Å². The van der Waals surface area contributed by atoms with E-state index in [9.17, 15) is 14.0 Å². The number of hydrogen-bond donors (Lipinski definition) is 2. The van der Waals surface area contributed by atoms with Crippen LogP contribution in [-0.2, 0) is 4.79 Å². The molecule has 1 aromatic rings. The van der Waals surface area contributed by atoms with E-state index in [0.29, 0.717) is 0 Å². The number of hydrogen-bond acceptors (Lipinski definition) is 3. The minimum absolute atomic E-state index is 0.101. The van der Waals surface area contributed by atoms with E-state index in [1.54, 1.807) is 0 Å². The normalized spacial score (nSPS) is 9.40. The molecule has 0 aliphatic rings. The first-order valence-corrected chi connectivity index (χ1v) is 5.85. The van der Waals surface area contributed by atoms with Gasteiger partial charge in [-0.2, -0.15) is 0 Å². The Morgan fingerprint density at radius 2 is 2.15 bits per heavy atom. The maximum atomic E-state index is 13.7. The zero-order chi connectivity index (χ0) is 15.1. The highest BCUT2D eigenvalue weighted by Crippen LogP contribution is 2.11. The fraction of sp³-hybridized carbons (Fsp3) is 0.286. The molecule has 0 aromatic heterocycles. The van der Waals surface area contributed by atoms with E-state index in [4.69, 9.17) is 5.11 Å². The van der Waals surface area contributed by atoms with Gasteiger partial charge in [-0.05, 0) is 18.2 Å². The third kappa shape index (κ3) is 4.07. The van der Waals surface area contributed by atoms with Gasteiger partial charge in [0.05, 0.1) is 12.1 Å². The van der Waals surface area contributed by atoms with Gasteiger partial charge in [-0.25, -0.2) is 4.39 Å². The Balaban J connectivity index is 2.89. The summed E-state index contributed by atoms with van der Waals surface area (Å²) < 4.78 is 13.7. The summed E-state index contributed by atoms with van der Waals surface area (Å²) in [7, 11) is 2.92. The lowest BCUT2D eigenvalue weighted by Crippen LogP contribution is -2.36. The van der Waals surface area contributed by atoms with Crippen LogP contribution < -0.4 is 5.32 Å². The molecule has 0 bridgehead atoms. The lowest BCUT2D eigenvalue weighted by molar-refractivity contribution is -0.121. The van der Waals surface area contributed by atoms with Gasteiger partial charge in [0.15, 0.2) is 0 Å². The number of rotatable bonds is 3. The summed E-state index contributed by atoms with van der Waals surface area (Å²) in [6, 6.07) is 3.84. The molecule has 0 aliphatic carbocycles. The highest BCUT2D eigenvalue weighted by atomic mass is 19.1. The van der Waals surface area contributed by atoms with Gasteiger partial charge in [0.1, 0.15) is 12.4 Å².